The summed E-state index contributed by atoms with van der Waals surface area (Å²) in [5, 5.41) is 7.42. The number of benzene rings is 6. The van der Waals surface area contributed by atoms with E-state index in [4.69, 9.17) is 9.73 Å². The van der Waals surface area contributed by atoms with E-state index in [1.165, 1.54) is 49.2 Å². The van der Waals surface area contributed by atoms with E-state index in [2.05, 4.69) is 129 Å². The Balaban J connectivity index is 1.59. The fourth-order valence-corrected chi connectivity index (χ4v) is 5.76. The molecule has 0 unspecified atom stereocenters. The maximum Gasteiger partial charge on any atom is 0.217 e. The molecule has 2 nitrogen and oxygen atoms in total. The van der Waals surface area contributed by atoms with Gasteiger partial charge < -0.3 is 4.74 Å². The molecule has 0 saturated heterocycles. The minimum atomic E-state index is -0.200. The zero-order chi connectivity index (χ0) is 25.0. The van der Waals surface area contributed by atoms with Gasteiger partial charge in [-0.25, -0.2) is 4.99 Å². The van der Waals surface area contributed by atoms with Gasteiger partial charge in [-0.1, -0.05) is 109 Å². The molecular formula is C35H27NO. The molecule has 6 aromatic rings. The van der Waals surface area contributed by atoms with Crippen LogP contribution in [0.25, 0.3) is 54.6 Å². The molecule has 0 aliphatic carbocycles. The van der Waals surface area contributed by atoms with Crippen molar-refractivity contribution in [3.8, 4) is 22.3 Å². The first-order valence-corrected chi connectivity index (χ1v) is 12.8. The predicted molar refractivity (Wildman–Crippen MR) is 156 cm³/mol. The first kappa shape index (κ1) is 21.8. The molecule has 2 heteroatoms. The number of hydrogen-bond donors (Lipinski definition) is 0. The van der Waals surface area contributed by atoms with Gasteiger partial charge in [0.25, 0.3) is 0 Å². The van der Waals surface area contributed by atoms with E-state index in [1.807, 2.05) is 0 Å². The lowest BCUT2D eigenvalue weighted by Gasteiger charge is -2.19. The highest BCUT2D eigenvalue weighted by Gasteiger charge is 2.28. The van der Waals surface area contributed by atoms with Gasteiger partial charge in [0.05, 0.1) is 5.54 Å². The van der Waals surface area contributed by atoms with Gasteiger partial charge in [-0.2, -0.15) is 0 Å². The second kappa shape index (κ2) is 8.31. The van der Waals surface area contributed by atoms with Gasteiger partial charge in [-0.05, 0) is 74.5 Å². The Labute approximate surface area is 216 Å². The Kier molecular flexibility index (Phi) is 4.90. The van der Waals surface area contributed by atoms with E-state index in [9.17, 15) is 0 Å². The SMILES string of the molecule is CC1(C)COC(c2ccc(-c3c4ccccc4c(-c4ccccc4)c4ccccc34)c3ccccc23)=N1. The second-order valence-corrected chi connectivity index (χ2v) is 10.4. The van der Waals surface area contributed by atoms with Crippen molar-refractivity contribution in [3.05, 3.63) is 121 Å². The average molecular weight is 478 g/mol. The van der Waals surface area contributed by atoms with Crippen LogP contribution in [0.15, 0.2) is 120 Å². The summed E-state index contributed by atoms with van der Waals surface area (Å²) < 4.78 is 6.06. The highest BCUT2D eigenvalue weighted by atomic mass is 16.5. The van der Waals surface area contributed by atoms with E-state index in [0.717, 1.165) is 16.8 Å². The molecule has 0 amide bonds. The van der Waals surface area contributed by atoms with Crippen LogP contribution in [0.4, 0.5) is 0 Å². The maximum atomic E-state index is 6.06. The zero-order valence-electron chi connectivity index (χ0n) is 21.0. The molecule has 0 radical (unpaired) electrons. The van der Waals surface area contributed by atoms with E-state index >= 15 is 0 Å². The number of hydrogen-bond acceptors (Lipinski definition) is 2. The van der Waals surface area contributed by atoms with Gasteiger partial charge in [0.1, 0.15) is 6.61 Å². The van der Waals surface area contributed by atoms with E-state index in [0.29, 0.717) is 6.61 Å². The van der Waals surface area contributed by atoms with Crippen LogP contribution in [0.2, 0.25) is 0 Å². The lowest BCUT2D eigenvalue weighted by atomic mass is 9.84. The molecular weight excluding hydrogens is 450 g/mol. The van der Waals surface area contributed by atoms with Crippen LogP contribution in [0, 0.1) is 0 Å². The van der Waals surface area contributed by atoms with Crippen LogP contribution in [0.1, 0.15) is 19.4 Å². The van der Waals surface area contributed by atoms with Crippen molar-refractivity contribution >= 4 is 38.2 Å². The molecule has 1 heterocycles. The monoisotopic (exact) mass is 477 g/mol. The molecule has 0 saturated carbocycles. The topological polar surface area (TPSA) is 21.6 Å². The van der Waals surface area contributed by atoms with Crippen molar-refractivity contribution < 1.29 is 4.74 Å². The van der Waals surface area contributed by atoms with Crippen molar-refractivity contribution in [1.29, 1.82) is 0 Å². The fraction of sp³-hybridized carbons (Fsp3) is 0.114. The van der Waals surface area contributed by atoms with E-state index < -0.39 is 0 Å². The molecule has 7 rings (SSSR count). The lowest BCUT2D eigenvalue weighted by molar-refractivity contribution is 0.279. The zero-order valence-corrected chi connectivity index (χ0v) is 21.0. The summed E-state index contributed by atoms with van der Waals surface area (Å²) >= 11 is 0. The van der Waals surface area contributed by atoms with Gasteiger partial charge in [0.15, 0.2) is 0 Å². The lowest BCUT2D eigenvalue weighted by Crippen LogP contribution is -2.17. The van der Waals surface area contributed by atoms with E-state index in [1.54, 1.807) is 0 Å². The van der Waals surface area contributed by atoms with Crippen molar-refractivity contribution in [2.24, 2.45) is 4.99 Å². The number of fused-ring (bicyclic) bond motifs is 3. The minimum absolute atomic E-state index is 0.200. The van der Waals surface area contributed by atoms with Crippen molar-refractivity contribution in [1.82, 2.24) is 0 Å². The molecule has 1 aliphatic heterocycles. The highest BCUT2D eigenvalue weighted by Crippen LogP contribution is 2.45. The summed E-state index contributed by atoms with van der Waals surface area (Å²) in [6.07, 6.45) is 0. The summed E-state index contributed by atoms with van der Waals surface area (Å²) in [6, 6.07) is 41.4. The molecule has 6 aromatic carbocycles. The summed E-state index contributed by atoms with van der Waals surface area (Å²) in [5.41, 5.74) is 5.87. The maximum absolute atomic E-state index is 6.06. The van der Waals surface area contributed by atoms with Crippen LogP contribution in [-0.4, -0.2) is 18.0 Å². The van der Waals surface area contributed by atoms with Crippen LogP contribution in [-0.2, 0) is 4.74 Å². The Bertz CT molecular complexity index is 1790. The Morgan fingerprint density at radius 2 is 0.973 bits per heavy atom. The minimum Gasteiger partial charge on any atom is -0.475 e. The molecule has 0 bridgehead atoms. The Morgan fingerprint density at radius 1 is 0.514 bits per heavy atom. The molecule has 0 fully saturated rings. The summed E-state index contributed by atoms with van der Waals surface area (Å²) in [5.74, 6) is 0.738. The average Bonchev–Trinajstić information content (AvgIpc) is 3.31. The summed E-state index contributed by atoms with van der Waals surface area (Å²) in [4.78, 5) is 4.88. The van der Waals surface area contributed by atoms with Gasteiger partial charge in [0, 0.05) is 5.56 Å². The third kappa shape index (κ3) is 3.52. The highest BCUT2D eigenvalue weighted by molar-refractivity contribution is 6.24. The fourth-order valence-electron chi connectivity index (χ4n) is 5.76. The van der Waals surface area contributed by atoms with Crippen molar-refractivity contribution in [3.63, 3.8) is 0 Å². The number of aliphatic imine (C=N–C) groups is 1. The number of rotatable bonds is 3. The Morgan fingerprint density at radius 3 is 1.51 bits per heavy atom. The molecule has 1 aliphatic rings. The smallest absolute Gasteiger partial charge is 0.217 e. The van der Waals surface area contributed by atoms with Crippen molar-refractivity contribution in [2.45, 2.75) is 19.4 Å². The normalized spacial score (nSPS) is 14.7. The molecule has 0 atom stereocenters. The van der Waals surface area contributed by atoms with Crippen LogP contribution in [0.3, 0.4) is 0 Å². The standard InChI is InChI=1S/C35H27NO/c1-35(2)22-37-34(36-35)31-21-20-30(24-14-6-7-15-25(24)31)33-28-18-10-8-16-26(28)32(23-12-4-3-5-13-23)27-17-9-11-19-29(27)33/h3-21H,22H2,1-2H3. The van der Waals surface area contributed by atoms with Crippen LogP contribution in [0.5, 0.6) is 0 Å². The van der Waals surface area contributed by atoms with Crippen molar-refractivity contribution in [2.75, 3.05) is 6.61 Å². The van der Waals surface area contributed by atoms with Gasteiger partial charge in [-0.15, -0.1) is 0 Å². The summed E-state index contributed by atoms with van der Waals surface area (Å²) in [7, 11) is 0. The second-order valence-electron chi connectivity index (χ2n) is 10.4. The predicted octanol–water partition coefficient (Wildman–Crippen LogP) is 9.04. The third-order valence-electron chi connectivity index (χ3n) is 7.38. The third-order valence-corrected chi connectivity index (χ3v) is 7.38. The number of ether oxygens (including phenoxy) is 1. The van der Waals surface area contributed by atoms with E-state index in [-0.39, 0.29) is 5.54 Å². The first-order chi connectivity index (χ1) is 18.1. The largest absolute Gasteiger partial charge is 0.475 e. The molecule has 37 heavy (non-hydrogen) atoms. The molecule has 0 spiro atoms. The first-order valence-electron chi connectivity index (χ1n) is 12.8. The summed E-state index contributed by atoms with van der Waals surface area (Å²) in [6.45, 7) is 4.83. The Hall–Kier alpha value is -4.43. The quantitative estimate of drug-likeness (QED) is 0.233. The molecule has 0 aromatic heterocycles. The number of nitrogens with zero attached hydrogens (tertiary/aromatic N) is 1. The molecule has 0 N–H and O–H groups in total. The van der Waals surface area contributed by atoms with Gasteiger partial charge in [-0.3, -0.25) is 0 Å². The van der Waals surface area contributed by atoms with Gasteiger partial charge in [0.2, 0.25) is 5.90 Å². The van der Waals surface area contributed by atoms with Crippen LogP contribution >= 0.6 is 0 Å². The van der Waals surface area contributed by atoms with Crippen LogP contribution < -0.4 is 0 Å². The molecule has 178 valence electrons. The van der Waals surface area contributed by atoms with Gasteiger partial charge >= 0.3 is 0 Å².